The van der Waals surface area contributed by atoms with Gasteiger partial charge in [-0.1, -0.05) is 18.6 Å². The third kappa shape index (κ3) is 1.95. The molecule has 3 atom stereocenters. The number of hydrogen-bond acceptors (Lipinski definition) is 4. The van der Waals surface area contributed by atoms with Crippen LogP contribution in [0.2, 0.25) is 0 Å². The first-order valence-corrected chi connectivity index (χ1v) is 4.52. The molecule has 0 N–H and O–H groups in total. The molecule has 0 radical (unpaired) electrons. The molecule has 0 unspecified atom stereocenters. The molecule has 1 aliphatic carbocycles. The van der Waals surface area contributed by atoms with Crippen molar-refractivity contribution in [3.8, 4) is 0 Å². The Morgan fingerprint density at radius 3 is 2.36 bits per heavy atom. The van der Waals surface area contributed by atoms with Crippen molar-refractivity contribution in [1.29, 1.82) is 0 Å². The molecule has 14 heavy (non-hydrogen) atoms. The lowest BCUT2D eigenvalue weighted by molar-refractivity contribution is -0.328. The average Bonchev–Trinajstić information content (AvgIpc) is 2.01. The molecular weight excluding hydrogens is 184 g/mol. The highest BCUT2D eigenvalue weighted by molar-refractivity contribution is 5.79. The Labute approximate surface area is 82.2 Å². The van der Waals surface area contributed by atoms with Gasteiger partial charge in [-0.25, -0.2) is 0 Å². The van der Waals surface area contributed by atoms with Crippen molar-refractivity contribution in [3.05, 3.63) is 11.6 Å². The lowest BCUT2D eigenvalue weighted by Gasteiger charge is -2.36. The number of carboxylic acid groups (broad SMARTS) is 2. The molecule has 1 rings (SSSR count). The van der Waals surface area contributed by atoms with E-state index in [1.165, 1.54) is 0 Å². The summed E-state index contributed by atoms with van der Waals surface area (Å²) in [6, 6.07) is 0. The van der Waals surface area contributed by atoms with E-state index in [9.17, 15) is 19.8 Å². The minimum Gasteiger partial charge on any atom is -0.550 e. The Morgan fingerprint density at radius 1 is 1.36 bits per heavy atom. The molecule has 0 amide bonds. The van der Waals surface area contributed by atoms with E-state index in [0.29, 0.717) is 0 Å². The molecular formula is C10H12O4-2. The van der Waals surface area contributed by atoms with Gasteiger partial charge in [0.1, 0.15) is 0 Å². The second-order valence-corrected chi connectivity index (χ2v) is 3.85. The number of aliphatic carboxylic acids is 2. The first-order valence-electron chi connectivity index (χ1n) is 4.52. The van der Waals surface area contributed by atoms with E-state index in [0.717, 1.165) is 5.57 Å². The quantitative estimate of drug-likeness (QED) is 0.514. The second-order valence-electron chi connectivity index (χ2n) is 3.85. The van der Waals surface area contributed by atoms with Gasteiger partial charge in [0, 0.05) is 23.8 Å². The molecule has 0 bridgehead atoms. The van der Waals surface area contributed by atoms with E-state index in [4.69, 9.17) is 0 Å². The molecule has 0 aromatic carbocycles. The normalized spacial score (nSPS) is 32.1. The predicted octanol–water partition coefficient (Wildman–Crippen LogP) is -1.30. The number of carbonyl (C=O) groups excluding carboxylic acids is 2. The summed E-state index contributed by atoms with van der Waals surface area (Å²) in [4.78, 5) is 21.5. The second kappa shape index (κ2) is 3.82. The summed E-state index contributed by atoms with van der Waals surface area (Å²) in [5.74, 6) is -4.85. The van der Waals surface area contributed by atoms with Crippen LogP contribution in [0.15, 0.2) is 11.6 Å². The predicted molar refractivity (Wildman–Crippen MR) is 44.5 cm³/mol. The van der Waals surface area contributed by atoms with Gasteiger partial charge >= 0.3 is 0 Å². The fourth-order valence-corrected chi connectivity index (χ4v) is 2.07. The van der Waals surface area contributed by atoms with Crippen LogP contribution in [0.1, 0.15) is 20.3 Å². The fraction of sp³-hybridized carbons (Fsp3) is 0.600. The van der Waals surface area contributed by atoms with E-state index >= 15 is 0 Å². The lowest BCUT2D eigenvalue weighted by Crippen LogP contribution is -2.47. The van der Waals surface area contributed by atoms with Crippen LogP contribution in [0.25, 0.3) is 0 Å². The van der Waals surface area contributed by atoms with Gasteiger partial charge in [0.25, 0.3) is 0 Å². The molecule has 4 nitrogen and oxygen atoms in total. The molecule has 78 valence electrons. The zero-order valence-electron chi connectivity index (χ0n) is 8.15. The van der Waals surface area contributed by atoms with Gasteiger partial charge in [0.2, 0.25) is 0 Å². The molecule has 0 fully saturated rings. The van der Waals surface area contributed by atoms with Crippen molar-refractivity contribution in [2.24, 2.45) is 17.8 Å². The maximum Gasteiger partial charge on any atom is 0.0457 e. The standard InChI is InChI=1S/C10H14O4/c1-5-3-6(2)8(10(13)14)7(4-5)9(11)12/h3,6-8H,4H2,1-2H3,(H,11,12)(H,13,14)/p-2/t6-,7+,8-/m1/s1. The summed E-state index contributed by atoms with van der Waals surface area (Å²) in [7, 11) is 0. The van der Waals surface area contributed by atoms with Crippen molar-refractivity contribution >= 4 is 11.9 Å². The first kappa shape index (κ1) is 10.8. The maximum absolute atomic E-state index is 10.8. The van der Waals surface area contributed by atoms with Gasteiger partial charge < -0.3 is 19.8 Å². The summed E-state index contributed by atoms with van der Waals surface area (Å²) in [6.45, 7) is 3.47. The summed E-state index contributed by atoms with van der Waals surface area (Å²) in [5.41, 5.74) is 0.893. The van der Waals surface area contributed by atoms with E-state index in [2.05, 4.69) is 0 Å². The Balaban J connectivity index is 2.98. The molecule has 4 heteroatoms. The summed E-state index contributed by atoms with van der Waals surface area (Å²) < 4.78 is 0. The highest BCUT2D eigenvalue weighted by Gasteiger charge is 2.31. The van der Waals surface area contributed by atoms with Gasteiger partial charge in [-0.2, -0.15) is 0 Å². The molecule has 0 aromatic rings. The van der Waals surface area contributed by atoms with Crippen LogP contribution < -0.4 is 10.2 Å². The third-order valence-corrected chi connectivity index (χ3v) is 2.66. The van der Waals surface area contributed by atoms with Gasteiger partial charge in [-0.05, 0) is 19.3 Å². The minimum atomic E-state index is -1.31. The van der Waals surface area contributed by atoms with Crippen molar-refractivity contribution in [3.63, 3.8) is 0 Å². The van der Waals surface area contributed by atoms with Gasteiger partial charge in [-0.3, -0.25) is 0 Å². The smallest absolute Gasteiger partial charge is 0.0457 e. The molecule has 0 saturated heterocycles. The van der Waals surface area contributed by atoms with Crippen LogP contribution in [0, 0.1) is 17.8 Å². The third-order valence-electron chi connectivity index (χ3n) is 2.66. The SMILES string of the molecule is CC1=C[C@@H](C)[C@@H](C(=O)[O-])[C@@H](C(=O)[O-])C1. The van der Waals surface area contributed by atoms with E-state index in [1.54, 1.807) is 19.9 Å². The topological polar surface area (TPSA) is 80.3 Å². The van der Waals surface area contributed by atoms with Crippen LogP contribution in [-0.4, -0.2) is 11.9 Å². The number of carboxylic acids is 2. The number of hydrogen-bond donors (Lipinski definition) is 0. The molecule has 0 heterocycles. The van der Waals surface area contributed by atoms with Crippen LogP contribution in [0.4, 0.5) is 0 Å². The highest BCUT2D eigenvalue weighted by atomic mass is 16.4. The molecule has 0 aromatic heterocycles. The average molecular weight is 196 g/mol. The van der Waals surface area contributed by atoms with Crippen molar-refractivity contribution in [2.75, 3.05) is 0 Å². The van der Waals surface area contributed by atoms with Crippen molar-refractivity contribution < 1.29 is 19.8 Å². The summed E-state index contributed by atoms with van der Waals surface area (Å²) >= 11 is 0. The Morgan fingerprint density at radius 2 is 1.93 bits per heavy atom. The molecule has 0 aliphatic heterocycles. The monoisotopic (exact) mass is 196 g/mol. The zero-order chi connectivity index (χ0) is 10.9. The van der Waals surface area contributed by atoms with Gasteiger partial charge in [-0.15, -0.1) is 0 Å². The fourth-order valence-electron chi connectivity index (χ4n) is 2.07. The minimum absolute atomic E-state index is 0.241. The van der Waals surface area contributed by atoms with Crippen LogP contribution >= 0.6 is 0 Å². The van der Waals surface area contributed by atoms with E-state index < -0.39 is 23.8 Å². The number of rotatable bonds is 2. The van der Waals surface area contributed by atoms with E-state index in [-0.39, 0.29) is 12.3 Å². The van der Waals surface area contributed by atoms with Gasteiger partial charge in [0.05, 0.1) is 0 Å². The van der Waals surface area contributed by atoms with Crippen LogP contribution in [0.3, 0.4) is 0 Å². The first-order chi connectivity index (χ1) is 6.43. The Kier molecular flexibility index (Phi) is 2.93. The maximum atomic E-state index is 10.8. The number of carbonyl (C=O) groups is 2. The zero-order valence-corrected chi connectivity index (χ0v) is 8.15. The van der Waals surface area contributed by atoms with Crippen LogP contribution in [0.5, 0.6) is 0 Å². The molecule has 0 saturated carbocycles. The highest BCUT2D eigenvalue weighted by Crippen LogP contribution is 2.33. The molecule has 1 aliphatic rings. The lowest BCUT2D eigenvalue weighted by atomic mass is 9.74. The molecule has 0 spiro atoms. The summed E-state index contributed by atoms with van der Waals surface area (Å²) in [6.07, 6.45) is 2.02. The number of allylic oxidation sites excluding steroid dienone is 2. The Bertz CT molecular complexity index is 292. The van der Waals surface area contributed by atoms with Crippen LogP contribution in [-0.2, 0) is 9.59 Å². The van der Waals surface area contributed by atoms with Crippen molar-refractivity contribution in [2.45, 2.75) is 20.3 Å². The largest absolute Gasteiger partial charge is 0.550 e. The van der Waals surface area contributed by atoms with Crippen molar-refractivity contribution in [1.82, 2.24) is 0 Å². The van der Waals surface area contributed by atoms with Gasteiger partial charge in [0.15, 0.2) is 0 Å². The Hall–Kier alpha value is -1.32. The van der Waals surface area contributed by atoms with E-state index in [1.807, 2.05) is 0 Å². The summed E-state index contributed by atoms with van der Waals surface area (Å²) in [5, 5.41) is 21.5.